The second-order valence-electron chi connectivity index (χ2n) is 9.98. The summed E-state index contributed by atoms with van der Waals surface area (Å²) in [5.41, 5.74) is 4.49. The van der Waals surface area contributed by atoms with Gasteiger partial charge in [-0.1, -0.05) is 54.5 Å². The van der Waals surface area contributed by atoms with Crippen LogP contribution in [0.2, 0.25) is 0 Å². The smallest absolute Gasteiger partial charge is 0.407 e. The van der Waals surface area contributed by atoms with E-state index in [1.165, 1.54) is 7.11 Å². The standard InChI is InChI=1S/C31H36N2O6/c1-4-5-18-38-22-16-14-21(15-17-22)29(34)33-28(30(35)37-3)20(2)32-31(36)39-19-27-25-12-8-6-10-23(25)24-11-7-9-13-26(24)27/h6-13,20-22,27-28H,14-19H2,1-3H3,(H,32,36)(H,33,34). The van der Waals surface area contributed by atoms with Gasteiger partial charge < -0.3 is 24.8 Å². The van der Waals surface area contributed by atoms with Gasteiger partial charge in [0.15, 0.2) is 0 Å². The van der Waals surface area contributed by atoms with Crippen LogP contribution in [0, 0.1) is 17.8 Å². The minimum atomic E-state index is -1.04. The van der Waals surface area contributed by atoms with Gasteiger partial charge in [0.05, 0.1) is 19.3 Å². The lowest BCUT2D eigenvalue weighted by molar-refractivity contribution is -0.146. The van der Waals surface area contributed by atoms with Crippen molar-refractivity contribution in [2.45, 2.75) is 63.6 Å². The van der Waals surface area contributed by atoms with E-state index in [0.29, 0.717) is 19.4 Å². The number of amides is 2. The minimum absolute atomic E-state index is 0.0808. The first-order chi connectivity index (χ1) is 18.9. The van der Waals surface area contributed by atoms with E-state index in [2.05, 4.69) is 34.6 Å². The van der Waals surface area contributed by atoms with Crippen LogP contribution in [0.15, 0.2) is 48.5 Å². The Morgan fingerprint density at radius 2 is 1.56 bits per heavy atom. The first-order valence-electron chi connectivity index (χ1n) is 13.4. The number of methoxy groups -OCH3 is 1. The van der Waals surface area contributed by atoms with E-state index >= 15 is 0 Å². The molecule has 2 aliphatic carbocycles. The highest BCUT2D eigenvalue weighted by molar-refractivity contribution is 5.87. The molecule has 4 rings (SSSR count). The molecule has 8 nitrogen and oxygen atoms in total. The number of fused-ring (bicyclic) bond motifs is 3. The Labute approximate surface area is 229 Å². The number of hydrogen-bond acceptors (Lipinski definition) is 6. The van der Waals surface area contributed by atoms with E-state index in [9.17, 15) is 14.4 Å². The molecule has 0 radical (unpaired) electrons. The summed E-state index contributed by atoms with van der Waals surface area (Å²) >= 11 is 0. The number of hydrogen-bond donors (Lipinski definition) is 2. The van der Waals surface area contributed by atoms with Gasteiger partial charge in [-0.15, -0.1) is 5.92 Å². The molecule has 39 heavy (non-hydrogen) atoms. The fourth-order valence-electron chi connectivity index (χ4n) is 5.42. The molecule has 1 saturated carbocycles. The van der Waals surface area contributed by atoms with Crippen LogP contribution in [-0.2, 0) is 23.8 Å². The molecule has 0 spiro atoms. The monoisotopic (exact) mass is 532 g/mol. The fourth-order valence-corrected chi connectivity index (χ4v) is 5.42. The number of nitrogens with one attached hydrogen (secondary N) is 2. The van der Waals surface area contributed by atoms with Gasteiger partial charge >= 0.3 is 12.1 Å². The Hall–Kier alpha value is -3.83. The summed E-state index contributed by atoms with van der Waals surface area (Å²) in [5, 5.41) is 5.49. The van der Waals surface area contributed by atoms with Crippen molar-refractivity contribution in [1.82, 2.24) is 10.6 Å². The van der Waals surface area contributed by atoms with E-state index in [1.807, 2.05) is 36.4 Å². The third-order valence-electron chi connectivity index (χ3n) is 7.56. The number of rotatable bonds is 9. The number of carbonyl (C=O) groups is 3. The number of alkyl carbamates (subject to hydrolysis) is 1. The Morgan fingerprint density at radius 1 is 0.949 bits per heavy atom. The Kier molecular flexibility index (Phi) is 9.61. The summed E-state index contributed by atoms with van der Waals surface area (Å²) in [7, 11) is 1.25. The molecule has 206 valence electrons. The van der Waals surface area contributed by atoms with Crippen molar-refractivity contribution < 1.29 is 28.6 Å². The van der Waals surface area contributed by atoms with E-state index in [0.717, 1.165) is 35.1 Å². The molecule has 2 aliphatic rings. The number of esters is 1. The molecule has 2 amide bonds. The van der Waals surface area contributed by atoms with Crippen molar-refractivity contribution in [3.63, 3.8) is 0 Å². The number of ether oxygens (including phenoxy) is 3. The normalized spacial score (nSPS) is 19.4. The summed E-state index contributed by atoms with van der Waals surface area (Å²) in [6.07, 6.45) is 2.22. The zero-order valence-electron chi connectivity index (χ0n) is 22.7. The topological polar surface area (TPSA) is 103 Å². The van der Waals surface area contributed by atoms with Crippen molar-refractivity contribution in [2.75, 3.05) is 20.3 Å². The van der Waals surface area contributed by atoms with E-state index < -0.39 is 24.1 Å². The second kappa shape index (κ2) is 13.3. The summed E-state index contributed by atoms with van der Waals surface area (Å²) in [6.45, 7) is 3.95. The van der Waals surface area contributed by atoms with Crippen molar-refractivity contribution in [3.05, 3.63) is 59.7 Å². The lowest BCUT2D eigenvalue weighted by atomic mass is 9.86. The van der Waals surface area contributed by atoms with Crippen molar-refractivity contribution in [3.8, 4) is 23.0 Å². The van der Waals surface area contributed by atoms with Gasteiger partial charge in [0.1, 0.15) is 19.3 Å². The van der Waals surface area contributed by atoms with Gasteiger partial charge in [0.2, 0.25) is 5.91 Å². The van der Waals surface area contributed by atoms with Crippen LogP contribution in [-0.4, -0.2) is 56.5 Å². The molecule has 2 unspecified atom stereocenters. The van der Waals surface area contributed by atoms with E-state index in [4.69, 9.17) is 14.2 Å². The molecule has 0 bridgehead atoms. The van der Waals surface area contributed by atoms with Crippen LogP contribution in [0.5, 0.6) is 0 Å². The molecule has 0 aliphatic heterocycles. The zero-order valence-corrected chi connectivity index (χ0v) is 22.7. The summed E-state index contributed by atoms with van der Waals surface area (Å²) in [6, 6.07) is 14.4. The van der Waals surface area contributed by atoms with Crippen LogP contribution in [0.25, 0.3) is 11.1 Å². The Balaban J connectivity index is 1.31. The molecule has 2 aromatic rings. The molecular formula is C31H36N2O6. The third-order valence-corrected chi connectivity index (χ3v) is 7.56. The highest BCUT2D eigenvalue weighted by atomic mass is 16.5. The first kappa shape index (κ1) is 28.2. The van der Waals surface area contributed by atoms with Gasteiger partial charge in [-0.05, 0) is 61.8 Å². The van der Waals surface area contributed by atoms with E-state index in [-0.39, 0.29) is 30.5 Å². The first-order valence-corrected chi connectivity index (χ1v) is 13.4. The van der Waals surface area contributed by atoms with Crippen LogP contribution in [0.4, 0.5) is 4.79 Å². The number of benzene rings is 2. The molecule has 0 saturated heterocycles. The van der Waals surface area contributed by atoms with Crippen molar-refractivity contribution >= 4 is 18.0 Å². The van der Waals surface area contributed by atoms with Crippen LogP contribution < -0.4 is 10.6 Å². The molecule has 0 aromatic heterocycles. The van der Waals surface area contributed by atoms with Gasteiger partial charge in [-0.2, -0.15) is 0 Å². The van der Waals surface area contributed by atoms with Crippen LogP contribution >= 0.6 is 0 Å². The maximum absolute atomic E-state index is 13.0. The predicted octanol–water partition coefficient (Wildman–Crippen LogP) is 4.17. The maximum atomic E-state index is 13.0. The molecule has 8 heteroatoms. The van der Waals surface area contributed by atoms with Gasteiger partial charge in [0, 0.05) is 11.8 Å². The maximum Gasteiger partial charge on any atom is 0.407 e. The van der Waals surface area contributed by atoms with Gasteiger partial charge in [-0.25, -0.2) is 9.59 Å². The summed E-state index contributed by atoms with van der Waals surface area (Å²) in [4.78, 5) is 38.3. The lowest BCUT2D eigenvalue weighted by Crippen LogP contribution is -2.56. The van der Waals surface area contributed by atoms with Crippen LogP contribution in [0.1, 0.15) is 56.6 Å². The lowest BCUT2D eigenvalue weighted by Gasteiger charge is -2.30. The van der Waals surface area contributed by atoms with Crippen molar-refractivity contribution in [1.29, 1.82) is 0 Å². The zero-order chi connectivity index (χ0) is 27.8. The molecule has 0 heterocycles. The highest BCUT2D eigenvalue weighted by Crippen LogP contribution is 2.44. The average molecular weight is 533 g/mol. The highest BCUT2D eigenvalue weighted by Gasteiger charge is 2.34. The SMILES string of the molecule is CC#CCOC1CCC(C(=O)NC(C(=O)OC)C(C)NC(=O)OCC2c3ccccc3-c3ccccc32)CC1. The largest absolute Gasteiger partial charge is 0.467 e. The molecule has 2 aromatic carbocycles. The van der Waals surface area contributed by atoms with Gasteiger partial charge in [-0.3, -0.25) is 4.79 Å². The number of carbonyl (C=O) groups excluding carboxylic acids is 3. The quantitative estimate of drug-likeness (QED) is 0.371. The van der Waals surface area contributed by atoms with Crippen molar-refractivity contribution in [2.24, 2.45) is 5.92 Å². The Morgan fingerprint density at radius 3 is 2.15 bits per heavy atom. The summed E-state index contributed by atoms with van der Waals surface area (Å²) < 4.78 is 16.3. The fraction of sp³-hybridized carbons (Fsp3) is 0.452. The molecule has 1 fully saturated rings. The second-order valence-corrected chi connectivity index (χ2v) is 9.98. The third kappa shape index (κ3) is 6.79. The molecule has 2 N–H and O–H groups in total. The van der Waals surface area contributed by atoms with Crippen LogP contribution in [0.3, 0.4) is 0 Å². The summed E-state index contributed by atoms with van der Waals surface area (Å²) in [5.74, 6) is 4.50. The molecule has 2 atom stereocenters. The van der Waals surface area contributed by atoms with Gasteiger partial charge in [0.25, 0.3) is 0 Å². The Bertz CT molecular complexity index is 1200. The minimum Gasteiger partial charge on any atom is -0.467 e. The molecular weight excluding hydrogens is 496 g/mol. The predicted molar refractivity (Wildman–Crippen MR) is 147 cm³/mol. The average Bonchev–Trinajstić information content (AvgIpc) is 3.28. The van der Waals surface area contributed by atoms with E-state index in [1.54, 1.807) is 13.8 Å².